The van der Waals surface area contributed by atoms with Gasteiger partial charge in [0.1, 0.15) is 0 Å². The van der Waals surface area contributed by atoms with E-state index in [9.17, 15) is 0 Å². The molecule has 0 aromatic carbocycles. The van der Waals surface area contributed by atoms with Crippen molar-refractivity contribution in [3.63, 3.8) is 0 Å². The number of aryl methyl sites for hydroxylation is 1. The first kappa shape index (κ1) is 9.72. The van der Waals surface area contributed by atoms with Gasteiger partial charge >= 0.3 is 0 Å². The van der Waals surface area contributed by atoms with Gasteiger partial charge in [-0.2, -0.15) is 0 Å². The minimum atomic E-state index is 0.116. The molecule has 0 fully saturated rings. The number of hydrogen-bond donors (Lipinski definition) is 0. The Labute approximate surface area is 82.3 Å². The lowest BCUT2D eigenvalue weighted by Crippen LogP contribution is -2.14. The Morgan fingerprint density at radius 2 is 1.92 bits per heavy atom. The minimum Gasteiger partial charge on any atom is -0.260 e. The summed E-state index contributed by atoms with van der Waals surface area (Å²) in [6, 6.07) is 2.01. The van der Waals surface area contributed by atoms with E-state index >= 15 is 0 Å². The average molecular weight is 228 g/mol. The summed E-state index contributed by atoms with van der Waals surface area (Å²) < 4.78 is 1.14. The van der Waals surface area contributed by atoms with E-state index < -0.39 is 0 Å². The Balaban J connectivity index is 3.26. The second-order valence-corrected chi connectivity index (χ2v) is 4.83. The Bertz CT molecular complexity index is 286. The molecule has 1 aromatic heterocycles. The summed E-state index contributed by atoms with van der Waals surface area (Å²) in [5.74, 6) is 0. The molecule has 0 unspecified atom stereocenters. The number of hydrogen-bond acceptors (Lipinski definition) is 1. The van der Waals surface area contributed by atoms with E-state index in [1.807, 2.05) is 12.3 Å². The van der Waals surface area contributed by atoms with Crippen LogP contribution in [-0.4, -0.2) is 4.98 Å². The number of rotatable bonds is 0. The van der Waals surface area contributed by atoms with Gasteiger partial charge in [0.2, 0.25) is 0 Å². The van der Waals surface area contributed by atoms with Crippen molar-refractivity contribution in [2.75, 3.05) is 0 Å². The van der Waals surface area contributed by atoms with Crippen molar-refractivity contribution in [2.24, 2.45) is 0 Å². The molecule has 2 heteroatoms. The maximum Gasteiger partial charge on any atom is 0.0601 e. The van der Waals surface area contributed by atoms with E-state index in [2.05, 4.69) is 48.6 Å². The molecule has 66 valence electrons. The topological polar surface area (TPSA) is 12.9 Å². The molecule has 12 heavy (non-hydrogen) atoms. The largest absolute Gasteiger partial charge is 0.260 e. The Hall–Kier alpha value is -0.370. The SMILES string of the molecule is Cc1ccnc(C(C)(C)C)c1Br. The van der Waals surface area contributed by atoms with E-state index in [0.29, 0.717) is 0 Å². The molecule has 0 atom stereocenters. The quantitative estimate of drug-likeness (QED) is 0.662. The molecular weight excluding hydrogens is 214 g/mol. The monoisotopic (exact) mass is 227 g/mol. The number of aromatic nitrogens is 1. The molecule has 0 spiro atoms. The highest BCUT2D eigenvalue weighted by Crippen LogP contribution is 2.29. The van der Waals surface area contributed by atoms with Crippen molar-refractivity contribution < 1.29 is 0 Å². The van der Waals surface area contributed by atoms with Crippen LogP contribution in [0.3, 0.4) is 0 Å². The van der Waals surface area contributed by atoms with Crippen LogP contribution >= 0.6 is 15.9 Å². The molecule has 1 nitrogen and oxygen atoms in total. The van der Waals surface area contributed by atoms with Crippen LogP contribution in [0.25, 0.3) is 0 Å². The Kier molecular flexibility index (Phi) is 2.57. The fraction of sp³-hybridized carbons (Fsp3) is 0.500. The molecular formula is C10H14BrN. The van der Waals surface area contributed by atoms with Crippen LogP contribution in [-0.2, 0) is 5.41 Å². The minimum absolute atomic E-state index is 0.116. The van der Waals surface area contributed by atoms with Crippen molar-refractivity contribution in [1.29, 1.82) is 0 Å². The van der Waals surface area contributed by atoms with Gasteiger partial charge in [0.15, 0.2) is 0 Å². The van der Waals surface area contributed by atoms with Gasteiger partial charge in [0.25, 0.3) is 0 Å². The zero-order chi connectivity index (χ0) is 9.35. The van der Waals surface area contributed by atoms with E-state index in [1.165, 1.54) is 5.56 Å². The molecule has 0 aliphatic rings. The van der Waals surface area contributed by atoms with Crippen molar-refractivity contribution in [3.05, 3.63) is 28.0 Å². The first-order chi connectivity index (χ1) is 5.43. The van der Waals surface area contributed by atoms with Crippen LogP contribution in [0.5, 0.6) is 0 Å². The van der Waals surface area contributed by atoms with Gasteiger partial charge in [-0.25, -0.2) is 0 Å². The van der Waals surface area contributed by atoms with Crippen LogP contribution in [0.15, 0.2) is 16.7 Å². The van der Waals surface area contributed by atoms with Crippen molar-refractivity contribution >= 4 is 15.9 Å². The van der Waals surface area contributed by atoms with Crippen molar-refractivity contribution in [1.82, 2.24) is 4.98 Å². The number of pyridine rings is 1. The predicted molar refractivity (Wildman–Crippen MR) is 55.4 cm³/mol. The second-order valence-electron chi connectivity index (χ2n) is 4.04. The van der Waals surface area contributed by atoms with Gasteiger partial charge in [0.05, 0.1) is 5.69 Å². The molecule has 0 saturated carbocycles. The summed E-state index contributed by atoms with van der Waals surface area (Å²) in [6.45, 7) is 8.58. The smallest absolute Gasteiger partial charge is 0.0601 e. The molecule has 0 radical (unpaired) electrons. The highest BCUT2D eigenvalue weighted by atomic mass is 79.9. The highest BCUT2D eigenvalue weighted by Gasteiger charge is 2.18. The lowest BCUT2D eigenvalue weighted by Gasteiger charge is -2.19. The summed E-state index contributed by atoms with van der Waals surface area (Å²) >= 11 is 3.55. The molecule has 1 rings (SSSR count). The van der Waals surface area contributed by atoms with Gasteiger partial charge in [-0.05, 0) is 34.5 Å². The van der Waals surface area contributed by atoms with Crippen LogP contribution in [0.4, 0.5) is 0 Å². The van der Waals surface area contributed by atoms with Gasteiger partial charge in [-0.3, -0.25) is 4.98 Å². The maximum atomic E-state index is 4.36. The third kappa shape index (κ3) is 1.86. The van der Waals surface area contributed by atoms with Crippen LogP contribution in [0.1, 0.15) is 32.0 Å². The molecule has 1 aromatic rings. The van der Waals surface area contributed by atoms with E-state index in [0.717, 1.165) is 10.2 Å². The zero-order valence-electron chi connectivity index (χ0n) is 7.98. The Morgan fingerprint density at radius 1 is 1.33 bits per heavy atom. The first-order valence-electron chi connectivity index (χ1n) is 4.04. The highest BCUT2D eigenvalue weighted by molar-refractivity contribution is 9.10. The van der Waals surface area contributed by atoms with Gasteiger partial charge < -0.3 is 0 Å². The molecule has 0 bridgehead atoms. The molecule has 0 amide bonds. The lowest BCUT2D eigenvalue weighted by atomic mass is 9.91. The summed E-state index contributed by atoms with van der Waals surface area (Å²) in [5, 5.41) is 0. The fourth-order valence-electron chi connectivity index (χ4n) is 1.06. The summed E-state index contributed by atoms with van der Waals surface area (Å²) in [4.78, 5) is 4.36. The van der Waals surface area contributed by atoms with Crippen molar-refractivity contribution in [3.8, 4) is 0 Å². The molecule has 1 heterocycles. The van der Waals surface area contributed by atoms with Gasteiger partial charge in [0, 0.05) is 16.1 Å². The Morgan fingerprint density at radius 3 is 2.33 bits per heavy atom. The molecule has 0 aliphatic heterocycles. The van der Waals surface area contributed by atoms with Gasteiger partial charge in [-0.15, -0.1) is 0 Å². The average Bonchev–Trinajstić information content (AvgIpc) is 1.92. The first-order valence-corrected chi connectivity index (χ1v) is 4.84. The maximum absolute atomic E-state index is 4.36. The predicted octanol–water partition coefficient (Wildman–Crippen LogP) is 3.45. The number of nitrogens with zero attached hydrogens (tertiary/aromatic N) is 1. The third-order valence-corrected chi connectivity index (χ3v) is 2.79. The summed E-state index contributed by atoms with van der Waals surface area (Å²) in [5.41, 5.74) is 2.49. The number of halogens is 1. The summed E-state index contributed by atoms with van der Waals surface area (Å²) in [7, 11) is 0. The van der Waals surface area contributed by atoms with Crippen LogP contribution in [0.2, 0.25) is 0 Å². The van der Waals surface area contributed by atoms with E-state index in [-0.39, 0.29) is 5.41 Å². The van der Waals surface area contributed by atoms with Gasteiger partial charge in [-0.1, -0.05) is 20.8 Å². The fourth-order valence-corrected chi connectivity index (χ4v) is 1.89. The molecule has 0 saturated heterocycles. The standard InChI is InChI=1S/C10H14BrN/c1-7-5-6-12-9(8(7)11)10(2,3)4/h5-6H,1-4H3. The molecule has 0 aliphatic carbocycles. The molecule has 0 N–H and O–H groups in total. The lowest BCUT2D eigenvalue weighted by molar-refractivity contribution is 0.564. The van der Waals surface area contributed by atoms with Crippen molar-refractivity contribution in [2.45, 2.75) is 33.1 Å². The summed E-state index contributed by atoms with van der Waals surface area (Å²) in [6.07, 6.45) is 1.86. The van der Waals surface area contributed by atoms with E-state index in [1.54, 1.807) is 0 Å². The van der Waals surface area contributed by atoms with Crippen LogP contribution in [0, 0.1) is 6.92 Å². The van der Waals surface area contributed by atoms with E-state index in [4.69, 9.17) is 0 Å². The third-order valence-electron chi connectivity index (χ3n) is 1.79. The zero-order valence-corrected chi connectivity index (χ0v) is 9.57. The van der Waals surface area contributed by atoms with Crippen LogP contribution < -0.4 is 0 Å². The second kappa shape index (κ2) is 3.17. The normalized spacial score (nSPS) is 11.8.